The van der Waals surface area contributed by atoms with E-state index < -0.39 is 0 Å². The number of nitrogens with one attached hydrogen (secondary N) is 2. The summed E-state index contributed by atoms with van der Waals surface area (Å²) in [5.74, 6) is 2.15. The molecule has 0 amide bonds. The van der Waals surface area contributed by atoms with Crippen molar-refractivity contribution in [2.45, 2.75) is 17.9 Å². The molecule has 2 aromatic rings. The van der Waals surface area contributed by atoms with E-state index >= 15 is 0 Å². The summed E-state index contributed by atoms with van der Waals surface area (Å²) in [6, 6.07) is 13.3. The van der Waals surface area contributed by atoms with E-state index in [4.69, 9.17) is 9.47 Å². The fraction of sp³-hybridized carbons (Fsp3) is 0.350. The first-order valence-corrected chi connectivity index (χ1v) is 9.89. The molecule has 0 atom stereocenters. The molecule has 1 aliphatic heterocycles. The van der Waals surface area contributed by atoms with E-state index in [0.717, 1.165) is 35.1 Å². The van der Waals surface area contributed by atoms with Crippen molar-refractivity contribution in [1.29, 1.82) is 0 Å². The number of hydrogen-bond donors (Lipinski definition) is 2. The van der Waals surface area contributed by atoms with Gasteiger partial charge in [-0.15, -0.1) is 35.7 Å². The molecule has 1 heterocycles. The largest absolute Gasteiger partial charge is 0.467 e. The van der Waals surface area contributed by atoms with Crippen LogP contribution in [-0.4, -0.2) is 38.6 Å². The van der Waals surface area contributed by atoms with Gasteiger partial charge in [-0.3, -0.25) is 4.99 Å². The molecular weight excluding hydrogens is 492 g/mol. The molecule has 0 saturated heterocycles. The highest BCUT2D eigenvalue weighted by atomic mass is 127. The number of guanidine groups is 1. The van der Waals surface area contributed by atoms with Gasteiger partial charge in [0.25, 0.3) is 0 Å². The van der Waals surface area contributed by atoms with E-state index in [-0.39, 0.29) is 36.6 Å². The highest BCUT2D eigenvalue weighted by Crippen LogP contribution is 2.29. The quantitative estimate of drug-likeness (QED) is 0.193. The zero-order valence-corrected chi connectivity index (χ0v) is 18.9. The topological polar surface area (TPSA) is 54.9 Å². The number of fused-ring (bicyclic) bond motifs is 1. The SMILES string of the molecule is CN=C(NCCSc1ccccc1)NCCc1cc(F)cc2c1OCOC2.I. The molecule has 0 unspecified atom stereocenters. The number of hydrogen-bond acceptors (Lipinski definition) is 4. The van der Waals surface area contributed by atoms with Crippen LogP contribution >= 0.6 is 35.7 Å². The monoisotopic (exact) mass is 517 g/mol. The molecule has 8 heteroatoms. The molecule has 28 heavy (non-hydrogen) atoms. The first-order chi connectivity index (χ1) is 13.3. The smallest absolute Gasteiger partial charge is 0.191 e. The molecule has 2 aromatic carbocycles. The molecule has 5 nitrogen and oxygen atoms in total. The van der Waals surface area contributed by atoms with Crippen LogP contribution in [0.3, 0.4) is 0 Å². The minimum absolute atomic E-state index is 0. The zero-order chi connectivity index (χ0) is 18.9. The molecule has 152 valence electrons. The summed E-state index contributed by atoms with van der Waals surface area (Å²) in [7, 11) is 1.74. The van der Waals surface area contributed by atoms with Crippen LogP contribution in [0.15, 0.2) is 52.4 Å². The Labute approximate surface area is 186 Å². The molecule has 1 aliphatic rings. The van der Waals surface area contributed by atoms with Gasteiger partial charge in [-0.1, -0.05) is 18.2 Å². The third-order valence-corrected chi connectivity index (χ3v) is 5.08. The third-order valence-electron chi connectivity index (χ3n) is 4.07. The molecule has 3 rings (SSSR count). The van der Waals surface area contributed by atoms with E-state index in [0.29, 0.717) is 19.6 Å². The second kappa shape index (κ2) is 12.1. The Morgan fingerprint density at radius 3 is 2.75 bits per heavy atom. The maximum Gasteiger partial charge on any atom is 0.191 e. The lowest BCUT2D eigenvalue weighted by Gasteiger charge is -2.21. The van der Waals surface area contributed by atoms with Crippen LogP contribution in [0.1, 0.15) is 11.1 Å². The lowest BCUT2D eigenvalue weighted by molar-refractivity contribution is -0.0172. The molecule has 0 radical (unpaired) electrons. The fourth-order valence-corrected chi connectivity index (χ4v) is 3.62. The van der Waals surface area contributed by atoms with Gasteiger partial charge < -0.3 is 20.1 Å². The van der Waals surface area contributed by atoms with E-state index in [1.807, 2.05) is 18.2 Å². The maximum atomic E-state index is 13.8. The minimum Gasteiger partial charge on any atom is -0.467 e. The Hall–Kier alpha value is -1.52. The summed E-state index contributed by atoms with van der Waals surface area (Å²) in [5, 5.41) is 6.56. The van der Waals surface area contributed by atoms with Crippen molar-refractivity contribution in [3.63, 3.8) is 0 Å². The summed E-state index contributed by atoms with van der Waals surface area (Å²) < 4.78 is 24.5. The maximum absolute atomic E-state index is 13.8. The van der Waals surface area contributed by atoms with Gasteiger partial charge in [-0.25, -0.2) is 4.39 Å². The predicted octanol–water partition coefficient (Wildman–Crippen LogP) is 3.81. The lowest BCUT2D eigenvalue weighted by atomic mass is 10.1. The van der Waals surface area contributed by atoms with Gasteiger partial charge in [0, 0.05) is 36.3 Å². The number of nitrogens with zero attached hydrogens (tertiary/aromatic N) is 1. The number of aliphatic imine (C=N–C) groups is 1. The Kier molecular flexibility index (Phi) is 9.86. The Bertz CT molecular complexity index is 778. The van der Waals surface area contributed by atoms with Crippen molar-refractivity contribution < 1.29 is 13.9 Å². The normalized spacial score (nSPS) is 13.1. The van der Waals surface area contributed by atoms with Gasteiger partial charge in [0.2, 0.25) is 0 Å². The van der Waals surface area contributed by atoms with Crippen molar-refractivity contribution in [2.24, 2.45) is 4.99 Å². The summed E-state index contributed by atoms with van der Waals surface area (Å²) >= 11 is 1.80. The average molecular weight is 517 g/mol. The van der Waals surface area contributed by atoms with Crippen LogP contribution in [-0.2, 0) is 17.8 Å². The second-order valence-electron chi connectivity index (χ2n) is 6.00. The van der Waals surface area contributed by atoms with Crippen LogP contribution in [0.2, 0.25) is 0 Å². The molecule has 0 spiro atoms. The average Bonchev–Trinajstić information content (AvgIpc) is 2.70. The van der Waals surface area contributed by atoms with Gasteiger partial charge in [0.05, 0.1) is 6.61 Å². The number of benzene rings is 2. The molecular formula is C20H25FIN3O2S. The number of halogens is 2. The Morgan fingerprint density at radius 1 is 1.18 bits per heavy atom. The van der Waals surface area contributed by atoms with Crippen LogP contribution in [0.25, 0.3) is 0 Å². The van der Waals surface area contributed by atoms with Crippen molar-refractivity contribution >= 4 is 41.7 Å². The lowest BCUT2D eigenvalue weighted by Crippen LogP contribution is -2.39. The standard InChI is InChI=1S/C20H24FN3O2S.HI/c1-22-20(24-9-10-27-18-5-3-2-4-6-18)23-8-7-15-11-17(21)12-16-13-25-14-26-19(15)16;/h2-6,11-12H,7-10,13-14H2,1H3,(H2,22,23,24);1H. The first-order valence-electron chi connectivity index (χ1n) is 8.90. The predicted molar refractivity (Wildman–Crippen MR) is 122 cm³/mol. The third kappa shape index (κ3) is 6.82. The molecule has 0 fully saturated rings. The van der Waals surface area contributed by atoms with Gasteiger partial charge in [0.15, 0.2) is 12.8 Å². The number of rotatable bonds is 7. The highest BCUT2D eigenvalue weighted by Gasteiger charge is 2.16. The summed E-state index contributed by atoms with van der Waals surface area (Å²) in [6.45, 7) is 2.03. The molecule has 0 aromatic heterocycles. The number of thioether (sulfide) groups is 1. The van der Waals surface area contributed by atoms with Crippen LogP contribution in [0.4, 0.5) is 4.39 Å². The van der Waals surface area contributed by atoms with Gasteiger partial charge in [-0.2, -0.15) is 0 Å². The van der Waals surface area contributed by atoms with Crippen molar-refractivity contribution in [2.75, 3.05) is 32.7 Å². The summed E-state index contributed by atoms with van der Waals surface area (Å²) in [6.07, 6.45) is 0.638. The van der Waals surface area contributed by atoms with E-state index in [1.54, 1.807) is 18.8 Å². The summed E-state index contributed by atoms with van der Waals surface area (Å²) in [5.41, 5.74) is 1.60. The van der Waals surface area contributed by atoms with E-state index in [1.165, 1.54) is 17.0 Å². The molecule has 2 N–H and O–H groups in total. The van der Waals surface area contributed by atoms with Crippen LogP contribution in [0, 0.1) is 5.82 Å². The van der Waals surface area contributed by atoms with Crippen LogP contribution in [0.5, 0.6) is 5.75 Å². The van der Waals surface area contributed by atoms with Gasteiger partial charge in [0.1, 0.15) is 11.6 Å². The fourth-order valence-electron chi connectivity index (χ4n) is 2.83. The Balaban J connectivity index is 0.00000280. The first kappa shape index (κ1) is 22.8. The molecule has 0 bridgehead atoms. The van der Waals surface area contributed by atoms with E-state index in [9.17, 15) is 4.39 Å². The van der Waals surface area contributed by atoms with Crippen molar-refractivity contribution in [3.05, 3.63) is 59.4 Å². The van der Waals surface area contributed by atoms with Gasteiger partial charge >= 0.3 is 0 Å². The van der Waals surface area contributed by atoms with E-state index in [2.05, 4.69) is 27.8 Å². The van der Waals surface area contributed by atoms with Crippen LogP contribution < -0.4 is 15.4 Å². The summed E-state index contributed by atoms with van der Waals surface area (Å²) in [4.78, 5) is 5.48. The molecule has 0 aliphatic carbocycles. The van der Waals surface area contributed by atoms with Crippen molar-refractivity contribution in [3.8, 4) is 5.75 Å². The zero-order valence-electron chi connectivity index (χ0n) is 15.7. The Morgan fingerprint density at radius 2 is 1.96 bits per heavy atom. The van der Waals surface area contributed by atoms with Crippen molar-refractivity contribution in [1.82, 2.24) is 10.6 Å². The second-order valence-corrected chi connectivity index (χ2v) is 7.17. The minimum atomic E-state index is -0.265. The highest BCUT2D eigenvalue weighted by molar-refractivity contribution is 14.0. The molecule has 0 saturated carbocycles. The van der Waals surface area contributed by atoms with Gasteiger partial charge in [-0.05, 0) is 36.2 Å². The number of ether oxygens (including phenoxy) is 2.